The molecule has 3 aliphatic heterocycles. The zero-order valence-corrected chi connectivity index (χ0v) is 19.9. The molecule has 0 radical (unpaired) electrons. The minimum absolute atomic E-state index is 0.0279. The standard InChI is InChI=1S/C25H35N3O5/c1-5-24-11-12-25(33-24)18(17(24)20(30)26-15-16-9-7-6-8-10-16)22(32)28(13-14-29)19(25)21(31)27-23(2,3)4/h6-10,17-19,29H,5,11-15H2,1-4H3,(H,26,30)(H,27,31)/t17-,18-,19?,24+,25?/m0/s1. The Morgan fingerprint density at radius 3 is 2.48 bits per heavy atom. The van der Waals surface area contributed by atoms with Crippen molar-refractivity contribution in [2.24, 2.45) is 11.8 Å². The average Bonchev–Trinajstić information content (AvgIpc) is 3.36. The Kier molecular flexibility index (Phi) is 6.03. The first-order valence-electron chi connectivity index (χ1n) is 11.8. The molecule has 3 aliphatic rings. The molecule has 3 fully saturated rings. The van der Waals surface area contributed by atoms with Crippen molar-refractivity contribution in [2.75, 3.05) is 13.2 Å². The van der Waals surface area contributed by atoms with Gasteiger partial charge in [0.25, 0.3) is 0 Å². The van der Waals surface area contributed by atoms with Gasteiger partial charge in [-0.25, -0.2) is 0 Å². The molecule has 2 unspecified atom stereocenters. The molecule has 3 saturated heterocycles. The summed E-state index contributed by atoms with van der Waals surface area (Å²) >= 11 is 0. The monoisotopic (exact) mass is 457 g/mol. The van der Waals surface area contributed by atoms with Crippen LogP contribution in [-0.2, 0) is 25.7 Å². The number of fused-ring (bicyclic) bond motifs is 1. The van der Waals surface area contributed by atoms with E-state index in [0.29, 0.717) is 25.8 Å². The molecule has 1 aromatic carbocycles. The number of ether oxygens (including phenoxy) is 1. The molecular weight excluding hydrogens is 422 g/mol. The topological polar surface area (TPSA) is 108 Å². The van der Waals surface area contributed by atoms with Gasteiger partial charge in [0.15, 0.2) is 0 Å². The lowest BCUT2D eigenvalue weighted by molar-refractivity contribution is -0.148. The second-order valence-corrected chi connectivity index (χ2v) is 10.5. The second kappa shape index (κ2) is 8.40. The van der Waals surface area contributed by atoms with Gasteiger partial charge in [-0.3, -0.25) is 14.4 Å². The summed E-state index contributed by atoms with van der Waals surface area (Å²) in [6.07, 6.45) is 1.72. The first kappa shape index (κ1) is 23.7. The zero-order valence-electron chi connectivity index (χ0n) is 19.9. The van der Waals surface area contributed by atoms with Crippen molar-refractivity contribution in [3.8, 4) is 0 Å². The van der Waals surface area contributed by atoms with Crippen LogP contribution in [0.3, 0.4) is 0 Å². The lowest BCUT2D eigenvalue weighted by Crippen LogP contribution is -2.58. The first-order chi connectivity index (χ1) is 15.6. The summed E-state index contributed by atoms with van der Waals surface area (Å²) in [6.45, 7) is 7.74. The smallest absolute Gasteiger partial charge is 0.246 e. The minimum Gasteiger partial charge on any atom is -0.395 e. The Labute approximate surface area is 195 Å². The largest absolute Gasteiger partial charge is 0.395 e. The van der Waals surface area contributed by atoms with Crippen LogP contribution >= 0.6 is 0 Å². The number of rotatable bonds is 7. The highest BCUT2D eigenvalue weighted by Gasteiger charge is 2.78. The van der Waals surface area contributed by atoms with E-state index in [4.69, 9.17) is 4.74 Å². The summed E-state index contributed by atoms with van der Waals surface area (Å²) in [4.78, 5) is 42.0. The van der Waals surface area contributed by atoms with Crippen molar-refractivity contribution >= 4 is 17.7 Å². The molecule has 8 heteroatoms. The summed E-state index contributed by atoms with van der Waals surface area (Å²) in [5, 5.41) is 15.6. The molecule has 2 bridgehead atoms. The van der Waals surface area contributed by atoms with E-state index >= 15 is 0 Å². The lowest BCUT2D eigenvalue weighted by atomic mass is 9.65. The molecule has 5 atom stereocenters. The van der Waals surface area contributed by atoms with E-state index in [0.717, 1.165) is 5.56 Å². The van der Waals surface area contributed by atoms with Crippen LogP contribution in [0.2, 0.25) is 0 Å². The van der Waals surface area contributed by atoms with Crippen LogP contribution in [0.1, 0.15) is 52.5 Å². The molecule has 1 aromatic rings. The van der Waals surface area contributed by atoms with Crippen LogP contribution in [0.15, 0.2) is 30.3 Å². The third-order valence-electron chi connectivity index (χ3n) is 7.36. The van der Waals surface area contributed by atoms with E-state index in [1.807, 2.05) is 58.0 Å². The van der Waals surface area contributed by atoms with Crippen molar-refractivity contribution in [2.45, 2.75) is 76.3 Å². The number of aliphatic hydroxyl groups excluding tert-OH is 1. The fraction of sp³-hybridized carbons (Fsp3) is 0.640. The predicted molar refractivity (Wildman–Crippen MR) is 122 cm³/mol. The number of nitrogens with zero attached hydrogens (tertiary/aromatic N) is 1. The van der Waals surface area contributed by atoms with Crippen LogP contribution in [0, 0.1) is 11.8 Å². The molecule has 0 saturated carbocycles. The molecule has 3 N–H and O–H groups in total. The summed E-state index contributed by atoms with van der Waals surface area (Å²) in [5.41, 5.74) is -1.36. The highest BCUT2D eigenvalue weighted by atomic mass is 16.5. The zero-order chi connectivity index (χ0) is 24.0. The van der Waals surface area contributed by atoms with Gasteiger partial charge in [0.05, 0.1) is 24.0 Å². The van der Waals surface area contributed by atoms with E-state index < -0.39 is 34.6 Å². The van der Waals surface area contributed by atoms with Crippen molar-refractivity contribution in [3.63, 3.8) is 0 Å². The number of aliphatic hydroxyl groups is 1. The third-order valence-corrected chi connectivity index (χ3v) is 7.36. The third kappa shape index (κ3) is 3.83. The maximum absolute atomic E-state index is 13.7. The first-order valence-corrected chi connectivity index (χ1v) is 11.8. The van der Waals surface area contributed by atoms with Gasteiger partial charge in [-0.15, -0.1) is 0 Å². The highest BCUT2D eigenvalue weighted by Crippen LogP contribution is 2.64. The molecule has 3 amide bonds. The van der Waals surface area contributed by atoms with Crippen LogP contribution < -0.4 is 10.6 Å². The van der Waals surface area contributed by atoms with Crippen LogP contribution in [-0.4, -0.2) is 63.7 Å². The number of benzene rings is 1. The molecule has 0 aliphatic carbocycles. The van der Waals surface area contributed by atoms with Gasteiger partial charge in [0.1, 0.15) is 11.6 Å². The van der Waals surface area contributed by atoms with Gasteiger partial charge >= 0.3 is 0 Å². The van der Waals surface area contributed by atoms with Gasteiger partial charge in [0.2, 0.25) is 17.7 Å². The Morgan fingerprint density at radius 2 is 1.88 bits per heavy atom. The molecular formula is C25H35N3O5. The summed E-state index contributed by atoms with van der Waals surface area (Å²) in [5.74, 6) is -2.23. The maximum Gasteiger partial charge on any atom is 0.246 e. The normalized spacial score (nSPS) is 32.7. The minimum atomic E-state index is -1.06. The van der Waals surface area contributed by atoms with Crippen LogP contribution in [0.5, 0.6) is 0 Å². The Hall–Kier alpha value is -2.45. The molecule has 3 heterocycles. The summed E-state index contributed by atoms with van der Waals surface area (Å²) < 4.78 is 6.64. The van der Waals surface area contributed by atoms with E-state index in [2.05, 4.69) is 10.6 Å². The van der Waals surface area contributed by atoms with Gasteiger partial charge in [0, 0.05) is 18.6 Å². The molecule has 8 nitrogen and oxygen atoms in total. The van der Waals surface area contributed by atoms with Crippen LogP contribution in [0.4, 0.5) is 0 Å². The number of β-amino-alcohol motifs (C(OH)–C–C–N with tert-alkyl or cyclic N) is 1. The number of likely N-dealkylation sites (tertiary alicyclic amines) is 1. The van der Waals surface area contributed by atoms with Crippen molar-refractivity contribution < 1.29 is 24.2 Å². The van der Waals surface area contributed by atoms with Crippen molar-refractivity contribution in [3.05, 3.63) is 35.9 Å². The second-order valence-electron chi connectivity index (χ2n) is 10.5. The molecule has 0 aromatic heterocycles. The Balaban J connectivity index is 1.67. The number of nitrogens with one attached hydrogen (secondary N) is 2. The fourth-order valence-corrected chi connectivity index (χ4v) is 6.10. The Morgan fingerprint density at radius 1 is 1.18 bits per heavy atom. The number of hydrogen-bond donors (Lipinski definition) is 3. The van der Waals surface area contributed by atoms with Gasteiger partial charge < -0.3 is 25.4 Å². The van der Waals surface area contributed by atoms with Crippen molar-refractivity contribution in [1.29, 1.82) is 0 Å². The molecule has 33 heavy (non-hydrogen) atoms. The summed E-state index contributed by atoms with van der Waals surface area (Å²) in [7, 11) is 0. The fourth-order valence-electron chi connectivity index (χ4n) is 6.10. The Bertz CT molecular complexity index is 930. The quantitative estimate of drug-likeness (QED) is 0.573. The average molecular weight is 458 g/mol. The van der Waals surface area contributed by atoms with E-state index in [-0.39, 0.29) is 30.9 Å². The van der Waals surface area contributed by atoms with Gasteiger partial charge in [-0.05, 0) is 45.6 Å². The van der Waals surface area contributed by atoms with Gasteiger partial charge in [-0.1, -0.05) is 37.3 Å². The maximum atomic E-state index is 13.7. The van der Waals surface area contributed by atoms with E-state index in [1.54, 1.807) is 0 Å². The SMILES string of the molecule is CC[C@]12CCC3(O1)C(C(=O)NC(C)(C)C)N(CCO)C(=O)[C@@H]3[C@H]2C(=O)NCc1ccccc1. The molecule has 4 rings (SSSR count). The highest BCUT2D eigenvalue weighted by molar-refractivity contribution is 5.99. The molecule has 180 valence electrons. The molecule has 1 spiro atoms. The number of carbonyl (C=O) groups is 3. The summed E-state index contributed by atoms with van der Waals surface area (Å²) in [6, 6.07) is 8.74. The number of carbonyl (C=O) groups excluding carboxylic acids is 3. The predicted octanol–water partition coefficient (Wildman–Crippen LogP) is 1.36. The number of amides is 3. The van der Waals surface area contributed by atoms with E-state index in [1.165, 1.54) is 4.90 Å². The van der Waals surface area contributed by atoms with Crippen LogP contribution in [0.25, 0.3) is 0 Å². The van der Waals surface area contributed by atoms with Gasteiger partial charge in [-0.2, -0.15) is 0 Å². The van der Waals surface area contributed by atoms with Crippen molar-refractivity contribution in [1.82, 2.24) is 15.5 Å². The van der Waals surface area contributed by atoms with E-state index in [9.17, 15) is 19.5 Å². The lowest BCUT2D eigenvalue weighted by Gasteiger charge is -2.35. The number of hydrogen-bond acceptors (Lipinski definition) is 5.